The largest absolute Gasteiger partial charge is 0.461 e. The van der Waals surface area contributed by atoms with Gasteiger partial charge in [-0.3, -0.25) is 9.63 Å². The number of esters is 1. The maximum Gasteiger partial charge on any atom is 0.307 e. The second kappa shape index (κ2) is 8.97. The smallest absolute Gasteiger partial charge is 0.307 e. The lowest BCUT2D eigenvalue weighted by Crippen LogP contribution is -2.29. The van der Waals surface area contributed by atoms with Crippen LogP contribution in [0.4, 0.5) is 0 Å². The molecule has 0 aliphatic heterocycles. The average Bonchev–Trinajstić information content (AvgIpc) is 2.55. The van der Waals surface area contributed by atoms with Gasteiger partial charge in [-0.1, -0.05) is 60.7 Å². The molecule has 1 N–H and O–H groups in total. The van der Waals surface area contributed by atoms with E-state index in [-0.39, 0.29) is 18.4 Å². The average molecular weight is 299 g/mol. The van der Waals surface area contributed by atoms with Gasteiger partial charge in [-0.05, 0) is 18.1 Å². The zero-order chi connectivity index (χ0) is 15.6. The van der Waals surface area contributed by atoms with Crippen molar-refractivity contribution >= 4 is 5.97 Å². The van der Waals surface area contributed by atoms with Gasteiger partial charge < -0.3 is 4.74 Å². The highest BCUT2D eigenvalue weighted by Crippen LogP contribution is 2.04. The van der Waals surface area contributed by atoms with Crippen LogP contribution in [0.2, 0.25) is 0 Å². The van der Waals surface area contributed by atoms with Gasteiger partial charge in [-0.2, -0.15) is 5.48 Å². The molecule has 1 atom stereocenters. The lowest BCUT2D eigenvalue weighted by molar-refractivity contribution is -0.146. The molecule has 2 aromatic rings. The summed E-state index contributed by atoms with van der Waals surface area (Å²) in [5.74, 6) is -0.243. The zero-order valence-corrected chi connectivity index (χ0v) is 12.7. The number of carbonyl (C=O) groups is 1. The van der Waals surface area contributed by atoms with Crippen molar-refractivity contribution in [3.8, 4) is 0 Å². The lowest BCUT2D eigenvalue weighted by Gasteiger charge is -2.13. The van der Waals surface area contributed by atoms with Crippen molar-refractivity contribution in [3.05, 3.63) is 71.8 Å². The summed E-state index contributed by atoms with van der Waals surface area (Å²) in [6, 6.07) is 19.4. The molecule has 22 heavy (non-hydrogen) atoms. The van der Waals surface area contributed by atoms with Crippen molar-refractivity contribution in [1.82, 2.24) is 5.48 Å². The monoisotopic (exact) mass is 299 g/mol. The van der Waals surface area contributed by atoms with Gasteiger partial charge in [-0.15, -0.1) is 0 Å². The Hall–Kier alpha value is -2.17. The molecule has 0 aliphatic carbocycles. The summed E-state index contributed by atoms with van der Waals surface area (Å²) in [6.07, 6.45) is 0.265. The van der Waals surface area contributed by atoms with Crippen LogP contribution in [0, 0.1) is 0 Å². The minimum absolute atomic E-state index is 0.105. The van der Waals surface area contributed by atoms with Crippen molar-refractivity contribution in [2.45, 2.75) is 32.6 Å². The summed E-state index contributed by atoms with van der Waals surface area (Å²) < 4.78 is 5.23. The van der Waals surface area contributed by atoms with Crippen LogP contribution < -0.4 is 5.48 Å². The number of nitrogens with one attached hydrogen (secondary N) is 1. The number of rotatable bonds is 8. The second-order valence-electron chi connectivity index (χ2n) is 5.14. The SMILES string of the molecule is CC(CC(=O)OCc1ccccc1)NOCc1ccccc1. The predicted molar refractivity (Wildman–Crippen MR) is 84.7 cm³/mol. The minimum Gasteiger partial charge on any atom is -0.461 e. The van der Waals surface area contributed by atoms with Crippen LogP contribution in [0.15, 0.2) is 60.7 Å². The summed E-state index contributed by atoms with van der Waals surface area (Å²) in [4.78, 5) is 17.1. The fourth-order valence-corrected chi connectivity index (χ4v) is 1.93. The molecule has 2 aromatic carbocycles. The van der Waals surface area contributed by atoms with E-state index >= 15 is 0 Å². The van der Waals surface area contributed by atoms with E-state index in [0.29, 0.717) is 13.2 Å². The Kier molecular flexibility index (Phi) is 6.61. The van der Waals surface area contributed by atoms with Gasteiger partial charge in [0.1, 0.15) is 6.61 Å². The van der Waals surface area contributed by atoms with Crippen LogP contribution in [0.1, 0.15) is 24.5 Å². The van der Waals surface area contributed by atoms with Crippen LogP contribution in [-0.2, 0) is 27.6 Å². The van der Waals surface area contributed by atoms with Crippen LogP contribution in [0.25, 0.3) is 0 Å². The molecule has 0 fully saturated rings. The van der Waals surface area contributed by atoms with Crippen LogP contribution >= 0.6 is 0 Å². The molecule has 0 spiro atoms. The molecular formula is C18H21NO3. The van der Waals surface area contributed by atoms with Gasteiger partial charge in [-0.25, -0.2) is 0 Å². The highest BCUT2D eigenvalue weighted by Gasteiger charge is 2.10. The van der Waals surface area contributed by atoms with E-state index < -0.39 is 0 Å². The van der Waals surface area contributed by atoms with E-state index in [9.17, 15) is 4.79 Å². The number of benzene rings is 2. The van der Waals surface area contributed by atoms with E-state index in [0.717, 1.165) is 11.1 Å². The van der Waals surface area contributed by atoms with Gasteiger partial charge >= 0.3 is 5.97 Å². The van der Waals surface area contributed by atoms with Crippen molar-refractivity contribution in [3.63, 3.8) is 0 Å². The fourth-order valence-electron chi connectivity index (χ4n) is 1.93. The van der Waals surface area contributed by atoms with Crippen LogP contribution in [0.3, 0.4) is 0 Å². The Balaban J connectivity index is 1.62. The van der Waals surface area contributed by atoms with Crippen molar-refractivity contribution in [2.24, 2.45) is 0 Å². The number of ether oxygens (including phenoxy) is 1. The molecule has 4 heteroatoms. The van der Waals surface area contributed by atoms with E-state index in [2.05, 4.69) is 5.48 Å². The Morgan fingerprint density at radius 3 is 2.09 bits per heavy atom. The maximum atomic E-state index is 11.7. The Morgan fingerprint density at radius 2 is 1.50 bits per heavy atom. The molecule has 1 unspecified atom stereocenters. The van der Waals surface area contributed by atoms with Crippen molar-refractivity contribution < 1.29 is 14.4 Å². The van der Waals surface area contributed by atoms with E-state index in [4.69, 9.17) is 9.57 Å². The quantitative estimate of drug-likeness (QED) is 0.600. The first-order chi connectivity index (χ1) is 10.7. The molecule has 0 saturated carbocycles. The predicted octanol–water partition coefficient (Wildman–Crippen LogP) is 3.23. The third-order valence-corrected chi connectivity index (χ3v) is 3.08. The zero-order valence-electron chi connectivity index (χ0n) is 12.7. The summed E-state index contributed by atoms with van der Waals surface area (Å²) in [5.41, 5.74) is 4.92. The molecule has 0 aliphatic rings. The van der Waals surface area contributed by atoms with Crippen molar-refractivity contribution in [1.29, 1.82) is 0 Å². The third kappa shape index (κ3) is 6.08. The maximum absolute atomic E-state index is 11.7. The molecule has 116 valence electrons. The summed E-state index contributed by atoms with van der Waals surface area (Å²) >= 11 is 0. The molecule has 4 nitrogen and oxygen atoms in total. The third-order valence-electron chi connectivity index (χ3n) is 3.08. The second-order valence-corrected chi connectivity index (χ2v) is 5.14. The molecule has 0 radical (unpaired) electrons. The normalized spacial score (nSPS) is 11.9. The summed E-state index contributed by atoms with van der Waals surface area (Å²) in [7, 11) is 0. The molecule has 2 rings (SSSR count). The first kappa shape index (κ1) is 16.2. The van der Waals surface area contributed by atoms with Gasteiger partial charge in [0.2, 0.25) is 0 Å². The van der Waals surface area contributed by atoms with E-state index in [1.165, 1.54) is 0 Å². The molecule has 0 amide bonds. The Morgan fingerprint density at radius 1 is 0.955 bits per heavy atom. The molecule has 0 aromatic heterocycles. The highest BCUT2D eigenvalue weighted by molar-refractivity contribution is 5.70. The number of carbonyl (C=O) groups excluding carboxylic acids is 1. The van der Waals surface area contributed by atoms with Gasteiger partial charge in [0.05, 0.1) is 13.0 Å². The topological polar surface area (TPSA) is 47.6 Å². The van der Waals surface area contributed by atoms with Crippen LogP contribution in [-0.4, -0.2) is 12.0 Å². The summed E-state index contributed by atoms with van der Waals surface area (Å²) in [6.45, 7) is 2.65. The number of hydroxylamine groups is 1. The molecular weight excluding hydrogens is 278 g/mol. The number of hydrogen-bond donors (Lipinski definition) is 1. The number of hydrogen-bond acceptors (Lipinski definition) is 4. The van der Waals surface area contributed by atoms with Crippen molar-refractivity contribution in [2.75, 3.05) is 0 Å². The Bertz CT molecular complexity index is 557. The van der Waals surface area contributed by atoms with Gasteiger partial charge in [0.25, 0.3) is 0 Å². The standard InChI is InChI=1S/C18H21NO3/c1-15(19-22-14-17-10-6-3-7-11-17)12-18(20)21-13-16-8-4-2-5-9-16/h2-11,15,19H,12-14H2,1H3. The fraction of sp³-hybridized carbons (Fsp3) is 0.278. The van der Waals surface area contributed by atoms with E-state index in [1.54, 1.807) is 0 Å². The highest BCUT2D eigenvalue weighted by atomic mass is 16.6. The Labute approximate surface area is 131 Å². The molecule has 0 bridgehead atoms. The molecule has 0 heterocycles. The first-order valence-electron chi connectivity index (χ1n) is 7.35. The summed E-state index contributed by atoms with van der Waals surface area (Å²) in [5, 5.41) is 0. The van der Waals surface area contributed by atoms with Gasteiger partial charge in [0, 0.05) is 6.04 Å². The molecule has 0 saturated heterocycles. The van der Waals surface area contributed by atoms with E-state index in [1.807, 2.05) is 67.6 Å². The first-order valence-corrected chi connectivity index (χ1v) is 7.35. The van der Waals surface area contributed by atoms with Gasteiger partial charge in [0.15, 0.2) is 0 Å². The lowest BCUT2D eigenvalue weighted by atomic mass is 10.2. The van der Waals surface area contributed by atoms with Crippen LogP contribution in [0.5, 0.6) is 0 Å². The minimum atomic E-state index is -0.243.